The number of ether oxygens (including phenoxy) is 1. The van der Waals surface area contributed by atoms with Crippen LogP contribution in [0.1, 0.15) is 18.7 Å². The topological polar surface area (TPSA) is 48.1 Å². The summed E-state index contributed by atoms with van der Waals surface area (Å²) >= 11 is 1.61. The van der Waals surface area contributed by atoms with E-state index in [1.807, 2.05) is 36.0 Å². The van der Waals surface area contributed by atoms with Gasteiger partial charge >= 0.3 is 0 Å². The molecule has 2 N–H and O–H groups in total. The largest absolute Gasteiger partial charge is 0.477 e. The van der Waals surface area contributed by atoms with Crippen LogP contribution in [0.25, 0.3) is 10.4 Å². The highest BCUT2D eigenvalue weighted by Crippen LogP contribution is 2.25. The van der Waals surface area contributed by atoms with Crippen molar-refractivity contribution < 1.29 is 4.74 Å². The smallest absolute Gasteiger partial charge is 0.173 e. The third kappa shape index (κ3) is 2.93. The number of benzene rings is 1. The maximum atomic E-state index is 5.87. The van der Waals surface area contributed by atoms with Crippen LogP contribution in [0, 0.1) is 0 Å². The lowest BCUT2D eigenvalue weighted by Gasteiger charge is -2.14. The molecule has 1 aromatic carbocycles. The molecule has 3 nitrogen and oxygen atoms in total. The van der Waals surface area contributed by atoms with E-state index in [1.54, 1.807) is 18.3 Å². The van der Waals surface area contributed by atoms with Crippen LogP contribution in [0.3, 0.4) is 0 Å². The molecule has 0 amide bonds. The van der Waals surface area contributed by atoms with Gasteiger partial charge in [-0.1, -0.05) is 30.8 Å². The summed E-state index contributed by atoms with van der Waals surface area (Å²) in [5.74, 6) is 0.615. The Bertz CT molecular complexity index is 491. The molecule has 1 unspecified atom stereocenters. The van der Waals surface area contributed by atoms with Gasteiger partial charge in [-0.15, -0.1) is 11.3 Å². The predicted octanol–water partition coefficient (Wildman–Crippen LogP) is 3.32. The summed E-state index contributed by atoms with van der Waals surface area (Å²) < 4.78 is 5.34. The van der Waals surface area contributed by atoms with Gasteiger partial charge < -0.3 is 4.74 Å². The molecule has 0 saturated carbocycles. The summed E-state index contributed by atoms with van der Waals surface area (Å²) in [6.07, 6.45) is 1.40. The first-order chi connectivity index (χ1) is 8.16. The highest BCUT2D eigenvalue weighted by atomic mass is 32.1. The predicted molar refractivity (Wildman–Crippen MR) is 70.4 cm³/mol. The van der Waals surface area contributed by atoms with Gasteiger partial charge in [-0.05, 0) is 12.5 Å². The van der Waals surface area contributed by atoms with E-state index in [4.69, 9.17) is 10.5 Å². The van der Waals surface area contributed by atoms with Gasteiger partial charge in [0.2, 0.25) is 0 Å². The van der Waals surface area contributed by atoms with Crippen molar-refractivity contribution in [3.63, 3.8) is 0 Å². The molecule has 0 fully saturated rings. The second-order valence-corrected chi connectivity index (χ2v) is 4.61. The lowest BCUT2D eigenvalue weighted by Crippen LogP contribution is -2.12. The third-order valence-electron chi connectivity index (χ3n) is 2.28. The van der Waals surface area contributed by atoms with Crippen LogP contribution in [0.4, 0.5) is 0 Å². The van der Waals surface area contributed by atoms with Gasteiger partial charge in [-0.25, -0.2) is 0 Å². The zero-order valence-corrected chi connectivity index (χ0v) is 10.4. The minimum atomic E-state index is -0.456. The van der Waals surface area contributed by atoms with Crippen molar-refractivity contribution >= 4 is 11.3 Å². The standard InChI is InChI=1S/C13H14N2OS/c1-9(2)16-13(14)11-5-3-10(4-6-11)12-7-15-8-17-12/h3-8,13H,1,14H2,2H3. The highest BCUT2D eigenvalue weighted by Gasteiger charge is 2.07. The number of nitrogens with zero attached hydrogens (tertiary/aromatic N) is 1. The quantitative estimate of drug-likeness (QED) is 0.665. The summed E-state index contributed by atoms with van der Waals surface area (Å²) in [7, 11) is 0. The Morgan fingerprint density at radius 2 is 2.12 bits per heavy atom. The third-order valence-corrected chi connectivity index (χ3v) is 3.11. The molecule has 0 aliphatic carbocycles. The lowest BCUT2D eigenvalue weighted by atomic mass is 10.1. The maximum Gasteiger partial charge on any atom is 0.173 e. The van der Waals surface area contributed by atoms with E-state index >= 15 is 0 Å². The molecular formula is C13H14N2OS. The van der Waals surface area contributed by atoms with Gasteiger partial charge in [0.25, 0.3) is 0 Å². The summed E-state index contributed by atoms with van der Waals surface area (Å²) in [5, 5.41) is 0. The number of nitrogens with two attached hydrogens (primary N) is 1. The number of aromatic nitrogens is 1. The molecule has 17 heavy (non-hydrogen) atoms. The van der Waals surface area contributed by atoms with Crippen LogP contribution in [0.2, 0.25) is 0 Å². The summed E-state index contributed by atoms with van der Waals surface area (Å²) in [6, 6.07) is 7.96. The van der Waals surface area contributed by atoms with E-state index in [9.17, 15) is 0 Å². The first kappa shape index (κ1) is 11.8. The highest BCUT2D eigenvalue weighted by molar-refractivity contribution is 7.13. The van der Waals surface area contributed by atoms with Crippen molar-refractivity contribution in [2.45, 2.75) is 13.2 Å². The molecule has 1 aromatic heterocycles. The van der Waals surface area contributed by atoms with Gasteiger partial charge in [0, 0.05) is 11.8 Å². The van der Waals surface area contributed by atoms with Gasteiger partial charge in [-0.3, -0.25) is 10.7 Å². The Labute approximate surface area is 105 Å². The van der Waals surface area contributed by atoms with Crippen LogP contribution in [-0.4, -0.2) is 4.98 Å². The Hall–Kier alpha value is -1.65. The summed E-state index contributed by atoms with van der Waals surface area (Å²) in [5.41, 5.74) is 9.76. The second kappa shape index (κ2) is 5.12. The van der Waals surface area contributed by atoms with Crippen molar-refractivity contribution in [1.29, 1.82) is 0 Å². The second-order valence-electron chi connectivity index (χ2n) is 3.73. The monoisotopic (exact) mass is 246 g/mol. The van der Waals surface area contributed by atoms with Crippen LogP contribution in [0.5, 0.6) is 0 Å². The summed E-state index contributed by atoms with van der Waals surface area (Å²) in [6.45, 7) is 5.45. The van der Waals surface area contributed by atoms with Gasteiger partial charge in [-0.2, -0.15) is 0 Å². The van der Waals surface area contributed by atoms with Gasteiger partial charge in [0.15, 0.2) is 6.23 Å². The molecule has 2 rings (SSSR count). The van der Waals surface area contributed by atoms with Crippen LogP contribution >= 0.6 is 11.3 Å². The minimum absolute atomic E-state index is 0.456. The number of hydrogen-bond donors (Lipinski definition) is 1. The van der Waals surface area contributed by atoms with Gasteiger partial charge in [0.05, 0.1) is 16.1 Å². The van der Waals surface area contributed by atoms with E-state index in [-0.39, 0.29) is 0 Å². The molecule has 0 aliphatic heterocycles. The van der Waals surface area contributed by atoms with Crippen molar-refractivity contribution in [1.82, 2.24) is 4.98 Å². The molecule has 88 valence electrons. The Morgan fingerprint density at radius 3 is 2.65 bits per heavy atom. The minimum Gasteiger partial charge on any atom is -0.477 e. The first-order valence-electron chi connectivity index (χ1n) is 5.23. The first-order valence-corrected chi connectivity index (χ1v) is 6.11. The van der Waals surface area contributed by atoms with E-state index in [0.717, 1.165) is 16.0 Å². The summed E-state index contributed by atoms with van der Waals surface area (Å²) in [4.78, 5) is 5.20. The molecule has 1 atom stereocenters. The Balaban J connectivity index is 2.15. The maximum absolute atomic E-state index is 5.87. The van der Waals surface area contributed by atoms with Crippen molar-refractivity contribution in [3.05, 3.63) is 53.9 Å². The molecule has 4 heteroatoms. The number of thiazole rings is 1. The van der Waals surface area contributed by atoms with Crippen LogP contribution in [-0.2, 0) is 4.74 Å². The fraction of sp³-hybridized carbons (Fsp3) is 0.154. The van der Waals surface area contributed by atoms with Crippen molar-refractivity contribution in [3.8, 4) is 10.4 Å². The zero-order chi connectivity index (χ0) is 12.3. The SMILES string of the molecule is C=C(C)OC(N)c1ccc(-c2cncs2)cc1. The van der Waals surface area contributed by atoms with Crippen LogP contribution in [0.15, 0.2) is 48.3 Å². The lowest BCUT2D eigenvalue weighted by molar-refractivity contribution is 0.125. The molecule has 0 bridgehead atoms. The van der Waals surface area contributed by atoms with E-state index in [1.165, 1.54) is 0 Å². The molecule has 0 radical (unpaired) electrons. The molecule has 0 aliphatic rings. The van der Waals surface area contributed by atoms with Crippen molar-refractivity contribution in [2.75, 3.05) is 0 Å². The Morgan fingerprint density at radius 1 is 1.41 bits per heavy atom. The normalized spacial score (nSPS) is 12.1. The van der Waals surface area contributed by atoms with E-state index in [2.05, 4.69) is 11.6 Å². The molecule has 2 aromatic rings. The Kier molecular flexibility index (Phi) is 3.56. The molecule has 0 saturated heterocycles. The molecule has 1 heterocycles. The van der Waals surface area contributed by atoms with Gasteiger partial charge in [0.1, 0.15) is 0 Å². The molecule has 0 spiro atoms. The average molecular weight is 246 g/mol. The fourth-order valence-electron chi connectivity index (χ4n) is 1.48. The number of hydrogen-bond acceptors (Lipinski definition) is 4. The number of rotatable bonds is 4. The van der Waals surface area contributed by atoms with E-state index < -0.39 is 6.23 Å². The molecular weight excluding hydrogens is 232 g/mol. The number of allylic oxidation sites excluding steroid dienone is 1. The average Bonchev–Trinajstić information content (AvgIpc) is 2.82. The fourth-order valence-corrected chi connectivity index (χ4v) is 2.11. The zero-order valence-electron chi connectivity index (χ0n) is 9.59. The van der Waals surface area contributed by atoms with Crippen molar-refractivity contribution in [2.24, 2.45) is 5.73 Å². The van der Waals surface area contributed by atoms with E-state index in [0.29, 0.717) is 5.76 Å². The van der Waals surface area contributed by atoms with Crippen LogP contribution < -0.4 is 5.73 Å².